The Morgan fingerprint density at radius 3 is 1.92 bits per heavy atom. The van der Waals surface area contributed by atoms with E-state index in [-0.39, 0.29) is 5.76 Å². The first-order valence-electron chi connectivity index (χ1n) is 15.1. The van der Waals surface area contributed by atoms with Crippen LogP contribution >= 0.6 is 0 Å². The van der Waals surface area contributed by atoms with E-state index in [0.717, 1.165) is 34.7 Å². The summed E-state index contributed by atoms with van der Waals surface area (Å²) in [6.07, 6.45) is 0.468. The van der Waals surface area contributed by atoms with Crippen LogP contribution < -0.4 is 26.5 Å². The summed E-state index contributed by atoms with van der Waals surface area (Å²) in [4.78, 5) is 5.03. The Morgan fingerprint density at radius 2 is 1.33 bits per heavy atom. The van der Waals surface area contributed by atoms with Gasteiger partial charge in [-0.15, -0.1) is 0 Å². The van der Waals surface area contributed by atoms with Crippen molar-refractivity contribution in [3.05, 3.63) is 82.6 Å². The number of aliphatic hydroxyl groups is 2. The lowest BCUT2D eigenvalue weighted by atomic mass is 9.78. The van der Waals surface area contributed by atoms with Gasteiger partial charge in [-0.05, 0) is 58.7 Å². The van der Waals surface area contributed by atoms with Gasteiger partial charge in [0.15, 0.2) is 5.66 Å². The van der Waals surface area contributed by atoms with E-state index in [4.69, 9.17) is 4.99 Å². The van der Waals surface area contributed by atoms with Crippen molar-refractivity contribution < 1.29 is 44.5 Å². The largest absolute Gasteiger partial charge is 0.507 e. The number of anilines is 3. The Hall–Kier alpha value is -4.29. The van der Waals surface area contributed by atoms with Crippen LogP contribution in [0.3, 0.4) is 0 Å². The highest BCUT2D eigenvalue weighted by Crippen LogP contribution is 2.47. The average Bonchev–Trinajstić information content (AvgIpc) is 3.04. The van der Waals surface area contributed by atoms with Crippen LogP contribution in [0.25, 0.3) is 32.7 Å². The summed E-state index contributed by atoms with van der Waals surface area (Å²) in [7, 11) is -9.89. The average molecular weight is 697 g/mol. The van der Waals surface area contributed by atoms with Crippen molar-refractivity contribution in [1.82, 2.24) is 0 Å². The molecule has 0 saturated carbocycles. The molecular weight excluding hydrogens is 665 g/mol. The Labute approximate surface area is 275 Å². The summed E-state index contributed by atoms with van der Waals surface area (Å²) in [5.41, 5.74) is 0.709. The number of hydrogen-bond acceptors (Lipinski definition) is 12. The fraction of sp³-hybridized carbons (Fsp3) is 0.281. The highest BCUT2D eigenvalue weighted by molar-refractivity contribution is 7.81. The smallest absolute Gasteiger partial charge is 0.397 e. The Bertz CT molecular complexity index is 2360. The number of benzene rings is 4. The third kappa shape index (κ3) is 5.35. The van der Waals surface area contributed by atoms with Crippen molar-refractivity contribution >= 4 is 70.6 Å². The van der Waals surface area contributed by atoms with Gasteiger partial charge in [0.2, 0.25) is 0 Å². The summed E-state index contributed by atoms with van der Waals surface area (Å²) in [5, 5.41) is 37.1. The summed E-state index contributed by atoms with van der Waals surface area (Å²) in [5.74, 6) is -0.0738. The van der Waals surface area contributed by atoms with E-state index in [1.54, 1.807) is 30.3 Å². The van der Waals surface area contributed by atoms with Crippen LogP contribution in [0.15, 0.2) is 71.4 Å². The molecule has 1 aliphatic carbocycles. The van der Waals surface area contributed by atoms with Gasteiger partial charge < -0.3 is 26.2 Å². The van der Waals surface area contributed by atoms with Gasteiger partial charge in [-0.3, -0.25) is 14.1 Å². The topological polar surface area (TPSA) is 216 Å². The molecule has 48 heavy (non-hydrogen) atoms. The molecule has 7 N–H and O–H groups in total. The fourth-order valence-electron chi connectivity index (χ4n) is 6.87. The van der Waals surface area contributed by atoms with Crippen LogP contribution in [0.5, 0.6) is 0 Å². The summed E-state index contributed by atoms with van der Waals surface area (Å²) in [6, 6.07) is 18.0. The lowest BCUT2D eigenvalue weighted by Gasteiger charge is -2.40. The molecule has 14 nitrogen and oxygen atoms in total. The second-order valence-corrected chi connectivity index (χ2v) is 14.2. The van der Waals surface area contributed by atoms with Gasteiger partial charge in [-0.1, -0.05) is 50.2 Å². The molecule has 1 atom stereocenters. The summed E-state index contributed by atoms with van der Waals surface area (Å²) >= 11 is 0. The van der Waals surface area contributed by atoms with Crippen molar-refractivity contribution in [2.75, 3.05) is 29.2 Å². The van der Waals surface area contributed by atoms with Gasteiger partial charge >= 0.3 is 20.8 Å². The molecule has 0 spiro atoms. The van der Waals surface area contributed by atoms with Crippen LogP contribution in [0.4, 0.5) is 17.1 Å². The van der Waals surface area contributed by atoms with Gasteiger partial charge in [0.25, 0.3) is 0 Å². The van der Waals surface area contributed by atoms with E-state index in [2.05, 4.69) is 38.2 Å². The predicted octanol–water partition coefficient (Wildman–Crippen LogP) is 3.22. The first-order chi connectivity index (χ1) is 22.7. The molecule has 252 valence electrons. The lowest BCUT2D eigenvalue weighted by molar-refractivity contribution is 0.162. The zero-order valence-electron chi connectivity index (χ0n) is 25.7. The molecule has 3 aliphatic rings. The van der Waals surface area contributed by atoms with Gasteiger partial charge in [-0.2, -0.15) is 16.8 Å². The normalized spacial score (nSPS) is 20.4. The van der Waals surface area contributed by atoms with Crippen molar-refractivity contribution in [2.24, 2.45) is 4.99 Å². The minimum Gasteiger partial charge on any atom is -0.507 e. The maximum absolute atomic E-state index is 11.6. The Morgan fingerprint density at radius 1 is 0.750 bits per heavy atom. The highest BCUT2D eigenvalue weighted by Gasteiger charge is 2.41. The minimum atomic E-state index is -4.94. The molecule has 0 fully saturated rings. The molecule has 7 rings (SSSR count). The van der Waals surface area contributed by atoms with Gasteiger partial charge in [0, 0.05) is 39.0 Å². The molecule has 0 amide bonds. The number of nitrogens with zero attached hydrogens (tertiary/aromatic N) is 1. The number of nitrogens with one attached hydrogen (secondary N) is 3. The molecule has 0 saturated heterocycles. The second-order valence-electron chi connectivity index (χ2n) is 12.0. The summed E-state index contributed by atoms with van der Waals surface area (Å²) < 4.78 is 73.0. The maximum atomic E-state index is 11.6. The van der Waals surface area contributed by atoms with E-state index in [9.17, 15) is 36.2 Å². The zero-order chi connectivity index (χ0) is 34.2. The monoisotopic (exact) mass is 696 g/mol. The molecule has 1 unspecified atom stereocenters. The van der Waals surface area contributed by atoms with Crippen molar-refractivity contribution in [2.45, 2.75) is 44.1 Å². The molecule has 4 aromatic rings. The quantitative estimate of drug-likeness (QED) is 0.125. The van der Waals surface area contributed by atoms with Gasteiger partial charge in [0.1, 0.15) is 30.7 Å². The molecule has 2 aliphatic heterocycles. The first-order valence-corrected chi connectivity index (χ1v) is 17.8. The summed E-state index contributed by atoms with van der Waals surface area (Å²) in [6.45, 7) is 2.51. The number of aliphatic hydroxyl groups excluding tert-OH is 2. The van der Waals surface area contributed by atoms with E-state index in [0.29, 0.717) is 44.1 Å². The van der Waals surface area contributed by atoms with E-state index in [1.807, 2.05) is 30.3 Å². The Kier molecular flexibility index (Phi) is 7.48. The number of rotatable bonds is 9. The van der Waals surface area contributed by atoms with Crippen LogP contribution in [0, 0.1) is 0 Å². The SMILES string of the molecule is CCC1(CC)N=c2ccc(=C3C(O)=C(c4ccc5c6c(cccc46)NC(COS(=O)(=O)O)(COS(=O)(=O)O)N5)C3O)c3cccc(c23)N1. The molecule has 16 heteroatoms. The third-order valence-corrected chi connectivity index (χ3v) is 10.1. The van der Waals surface area contributed by atoms with E-state index in [1.165, 1.54) is 0 Å². The van der Waals surface area contributed by atoms with E-state index >= 15 is 0 Å². The molecule has 0 bridgehead atoms. The molecule has 0 radical (unpaired) electrons. The fourth-order valence-corrected chi connectivity index (χ4v) is 7.57. The minimum absolute atomic E-state index is 0.0738. The standard InChI is InChI=1S/C32H32N4O10S2/c1-3-31(4-2)33-21-9-5-7-17-19(11-13-23(34-31)25(17)21)27-29(37)28(30(27)38)20-12-14-24-26-18(20)8-6-10-22(26)35-32(36-24,15-45-47(39,40)41)16-46-48(42,43)44/h5-14,29,33,35-38H,3-4,15-16H2,1-2H3,(H,39,40,41)(H,42,43,44). The van der Waals surface area contributed by atoms with Crippen LogP contribution in [0.1, 0.15) is 32.3 Å². The molecule has 0 aromatic heterocycles. The van der Waals surface area contributed by atoms with Crippen molar-refractivity contribution in [1.29, 1.82) is 0 Å². The van der Waals surface area contributed by atoms with Gasteiger partial charge in [-0.25, -0.2) is 8.37 Å². The Balaban J connectivity index is 1.33. The van der Waals surface area contributed by atoms with Crippen LogP contribution in [-0.4, -0.2) is 66.8 Å². The van der Waals surface area contributed by atoms with Crippen molar-refractivity contribution in [3.8, 4) is 0 Å². The van der Waals surface area contributed by atoms with E-state index < -0.39 is 51.4 Å². The van der Waals surface area contributed by atoms with Gasteiger partial charge in [0.05, 0.1) is 5.36 Å². The van der Waals surface area contributed by atoms with Crippen molar-refractivity contribution in [3.63, 3.8) is 0 Å². The maximum Gasteiger partial charge on any atom is 0.397 e. The van der Waals surface area contributed by atoms with Crippen LogP contribution in [0.2, 0.25) is 0 Å². The molecule has 2 heterocycles. The lowest BCUT2D eigenvalue weighted by Crippen LogP contribution is -2.56. The first kappa shape index (κ1) is 32.3. The number of hydrogen-bond donors (Lipinski definition) is 7. The third-order valence-electron chi connectivity index (χ3n) is 9.22. The molecule has 4 aromatic carbocycles. The second kappa shape index (κ2) is 11.1. The highest BCUT2D eigenvalue weighted by atomic mass is 32.3. The predicted molar refractivity (Wildman–Crippen MR) is 180 cm³/mol. The molecular formula is C32H32N4O10S2. The zero-order valence-corrected chi connectivity index (χ0v) is 27.3. The van der Waals surface area contributed by atoms with Crippen LogP contribution in [-0.2, 0) is 29.2 Å².